The van der Waals surface area contributed by atoms with E-state index >= 15 is 0 Å². The second-order valence-corrected chi connectivity index (χ2v) is 5.23. The van der Waals surface area contributed by atoms with Crippen LogP contribution >= 0.6 is 0 Å². The van der Waals surface area contributed by atoms with E-state index in [1.54, 1.807) is 12.1 Å². The highest BCUT2D eigenvalue weighted by Crippen LogP contribution is 2.26. The monoisotopic (exact) mass is 345 g/mol. The summed E-state index contributed by atoms with van der Waals surface area (Å²) in [4.78, 5) is 10.6. The topological polar surface area (TPSA) is 92.2 Å². The molecule has 0 radical (unpaired) electrons. The zero-order chi connectivity index (χ0) is 18.2. The van der Waals surface area contributed by atoms with Crippen LogP contribution in [0.25, 0.3) is 0 Å². The molecule has 0 spiro atoms. The molecule has 7 nitrogen and oxygen atoms in total. The summed E-state index contributed by atoms with van der Waals surface area (Å²) in [7, 11) is 0. The Kier molecular flexibility index (Phi) is 5.41. The zero-order valence-corrected chi connectivity index (χ0v) is 13.7. The molecule has 0 saturated heterocycles. The fourth-order valence-corrected chi connectivity index (χ4v) is 2.17. The molecule has 1 N–H and O–H groups in total. The molecule has 0 aliphatic heterocycles. The van der Waals surface area contributed by atoms with Crippen molar-refractivity contribution in [2.75, 3.05) is 5.43 Å². The number of nitrogens with one attached hydrogen (secondary N) is 1. The van der Waals surface area contributed by atoms with Gasteiger partial charge in [-0.3, -0.25) is 15.5 Å². The van der Waals surface area contributed by atoms with Crippen LogP contribution in [0.15, 0.2) is 100 Å². The van der Waals surface area contributed by atoms with E-state index in [0.29, 0.717) is 5.84 Å². The van der Waals surface area contributed by atoms with Gasteiger partial charge in [0.25, 0.3) is 5.69 Å². The summed E-state index contributed by atoms with van der Waals surface area (Å²) in [5.41, 5.74) is 4.50. The molecule has 0 aliphatic rings. The van der Waals surface area contributed by atoms with E-state index in [1.807, 2.05) is 60.7 Å². The molecule has 3 rings (SSSR count). The molecule has 26 heavy (non-hydrogen) atoms. The highest BCUT2D eigenvalue weighted by molar-refractivity contribution is 5.99. The summed E-state index contributed by atoms with van der Waals surface area (Å²) in [6.45, 7) is 0. The average molecular weight is 345 g/mol. The first-order valence-corrected chi connectivity index (χ1v) is 7.83. The number of hydrogen-bond acceptors (Lipinski definition) is 5. The lowest BCUT2D eigenvalue weighted by Gasteiger charge is -2.03. The number of azo groups is 1. The van der Waals surface area contributed by atoms with Gasteiger partial charge in [0.1, 0.15) is 0 Å². The lowest BCUT2D eigenvalue weighted by molar-refractivity contribution is -0.384. The first-order chi connectivity index (χ1) is 12.7. The van der Waals surface area contributed by atoms with Crippen molar-refractivity contribution in [1.82, 2.24) is 0 Å². The summed E-state index contributed by atoms with van der Waals surface area (Å²) < 4.78 is 0. The number of para-hydroxylation sites is 2. The summed E-state index contributed by atoms with van der Waals surface area (Å²) in [6.07, 6.45) is 0. The third-order valence-corrected chi connectivity index (χ3v) is 3.43. The number of nitro benzene ring substituents is 1. The Balaban J connectivity index is 1.93. The van der Waals surface area contributed by atoms with Crippen LogP contribution in [0.2, 0.25) is 0 Å². The second kappa shape index (κ2) is 8.29. The van der Waals surface area contributed by atoms with E-state index in [2.05, 4.69) is 20.8 Å². The minimum atomic E-state index is -0.490. The number of anilines is 1. The van der Waals surface area contributed by atoms with Crippen molar-refractivity contribution in [2.24, 2.45) is 15.3 Å². The Labute approximate surface area is 149 Å². The normalized spacial score (nSPS) is 11.5. The molecule has 0 amide bonds. The predicted octanol–water partition coefficient (Wildman–Crippen LogP) is 5.15. The largest absolute Gasteiger partial charge is 0.296 e. The van der Waals surface area contributed by atoms with E-state index < -0.39 is 4.92 Å². The van der Waals surface area contributed by atoms with Gasteiger partial charge in [-0.2, -0.15) is 5.10 Å². The Hall–Kier alpha value is -3.87. The standard InChI is InChI=1S/C19H15N5O2/c25-24(26)18-14-8-7-13-17(18)21-23-19(15-9-3-1-4-10-15)22-20-16-11-5-2-6-12-16/h1-14,20H. The molecule has 128 valence electrons. The molecule has 0 aromatic heterocycles. The molecular weight excluding hydrogens is 330 g/mol. The Bertz CT molecular complexity index is 940. The van der Waals surface area contributed by atoms with Crippen molar-refractivity contribution in [3.05, 3.63) is 101 Å². The Morgan fingerprint density at radius 2 is 1.46 bits per heavy atom. The van der Waals surface area contributed by atoms with E-state index in [1.165, 1.54) is 12.1 Å². The van der Waals surface area contributed by atoms with Gasteiger partial charge in [0, 0.05) is 11.6 Å². The van der Waals surface area contributed by atoms with Crippen molar-refractivity contribution in [1.29, 1.82) is 0 Å². The highest BCUT2D eigenvalue weighted by Gasteiger charge is 2.12. The summed E-state index contributed by atoms with van der Waals surface area (Å²) in [5.74, 6) is 0.313. The van der Waals surface area contributed by atoms with Crippen molar-refractivity contribution >= 4 is 22.9 Å². The van der Waals surface area contributed by atoms with Crippen LogP contribution in [-0.4, -0.2) is 10.8 Å². The molecule has 0 bridgehead atoms. The van der Waals surface area contributed by atoms with Crippen LogP contribution in [0.5, 0.6) is 0 Å². The number of amidine groups is 1. The van der Waals surface area contributed by atoms with Gasteiger partial charge in [-0.05, 0) is 18.2 Å². The van der Waals surface area contributed by atoms with Crippen molar-refractivity contribution in [3.8, 4) is 0 Å². The lowest BCUT2D eigenvalue weighted by atomic mass is 10.2. The molecule has 0 unspecified atom stereocenters. The van der Waals surface area contributed by atoms with Crippen molar-refractivity contribution < 1.29 is 4.92 Å². The summed E-state index contributed by atoms with van der Waals surface area (Å²) >= 11 is 0. The third kappa shape index (κ3) is 4.35. The number of nitrogens with zero attached hydrogens (tertiary/aromatic N) is 4. The van der Waals surface area contributed by atoms with Gasteiger partial charge >= 0.3 is 0 Å². The number of benzene rings is 3. The van der Waals surface area contributed by atoms with Gasteiger partial charge in [0.15, 0.2) is 5.69 Å². The molecule has 0 fully saturated rings. The van der Waals surface area contributed by atoms with E-state index in [9.17, 15) is 10.1 Å². The average Bonchev–Trinajstić information content (AvgIpc) is 2.69. The van der Waals surface area contributed by atoms with Crippen LogP contribution in [0.3, 0.4) is 0 Å². The summed E-state index contributed by atoms with van der Waals surface area (Å²) in [6, 6.07) is 24.8. The predicted molar refractivity (Wildman–Crippen MR) is 101 cm³/mol. The molecule has 0 atom stereocenters. The summed E-state index contributed by atoms with van der Waals surface area (Å²) in [5, 5.41) is 23.6. The molecular formula is C19H15N5O2. The maximum absolute atomic E-state index is 11.1. The molecule has 0 heterocycles. The molecule has 0 saturated carbocycles. The van der Waals surface area contributed by atoms with Gasteiger partial charge < -0.3 is 0 Å². The van der Waals surface area contributed by atoms with Gasteiger partial charge in [-0.1, -0.05) is 60.7 Å². The minimum Gasteiger partial charge on any atom is -0.276 e. The maximum Gasteiger partial charge on any atom is 0.296 e. The fourth-order valence-electron chi connectivity index (χ4n) is 2.17. The number of hydrazone groups is 1. The molecule has 7 heteroatoms. The Morgan fingerprint density at radius 1 is 0.846 bits per heavy atom. The zero-order valence-electron chi connectivity index (χ0n) is 13.7. The van der Waals surface area contributed by atoms with Crippen molar-refractivity contribution in [3.63, 3.8) is 0 Å². The van der Waals surface area contributed by atoms with Crippen LogP contribution in [0.1, 0.15) is 5.56 Å². The Morgan fingerprint density at radius 3 is 2.15 bits per heavy atom. The molecule has 3 aromatic carbocycles. The van der Waals surface area contributed by atoms with Crippen LogP contribution in [0, 0.1) is 10.1 Å². The first kappa shape index (κ1) is 17.0. The lowest BCUT2D eigenvalue weighted by Crippen LogP contribution is -2.01. The van der Waals surface area contributed by atoms with Gasteiger partial charge in [0.05, 0.1) is 10.6 Å². The number of rotatable bonds is 5. The smallest absolute Gasteiger partial charge is 0.276 e. The molecule has 3 aromatic rings. The van der Waals surface area contributed by atoms with E-state index in [4.69, 9.17) is 0 Å². The molecule has 0 aliphatic carbocycles. The first-order valence-electron chi connectivity index (χ1n) is 7.83. The SMILES string of the molecule is O=[N+]([O-])c1ccccc1N=NC(=NNc1ccccc1)c1ccccc1. The minimum absolute atomic E-state index is 0.111. The quantitative estimate of drug-likeness (QED) is 0.228. The van der Waals surface area contributed by atoms with Gasteiger partial charge in [-0.15, -0.1) is 10.2 Å². The van der Waals surface area contributed by atoms with E-state index in [-0.39, 0.29) is 11.4 Å². The van der Waals surface area contributed by atoms with Gasteiger partial charge in [-0.25, -0.2) is 0 Å². The second-order valence-electron chi connectivity index (χ2n) is 5.23. The maximum atomic E-state index is 11.1. The van der Waals surface area contributed by atoms with E-state index in [0.717, 1.165) is 11.3 Å². The highest BCUT2D eigenvalue weighted by atomic mass is 16.6. The van der Waals surface area contributed by atoms with Crippen molar-refractivity contribution in [2.45, 2.75) is 0 Å². The van der Waals surface area contributed by atoms with Crippen LogP contribution in [-0.2, 0) is 0 Å². The fraction of sp³-hybridized carbons (Fsp3) is 0. The van der Waals surface area contributed by atoms with Crippen LogP contribution in [0.4, 0.5) is 17.1 Å². The van der Waals surface area contributed by atoms with Gasteiger partial charge in [0.2, 0.25) is 5.84 Å². The third-order valence-electron chi connectivity index (χ3n) is 3.43. The number of nitro groups is 1. The number of hydrogen-bond donors (Lipinski definition) is 1. The van der Waals surface area contributed by atoms with Crippen LogP contribution < -0.4 is 5.43 Å².